The molecule has 0 aromatic heterocycles. The Labute approximate surface area is 149 Å². The molecule has 3 rings (SSSR count). The van der Waals surface area contributed by atoms with Gasteiger partial charge in [-0.05, 0) is 49.8 Å². The summed E-state index contributed by atoms with van der Waals surface area (Å²) in [5.41, 5.74) is 7.14. The van der Waals surface area contributed by atoms with Crippen molar-refractivity contribution in [2.75, 3.05) is 13.7 Å². The van der Waals surface area contributed by atoms with Crippen molar-refractivity contribution in [1.82, 2.24) is 5.32 Å². The minimum Gasteiger partial charge on any atom is -0.497 e. The van der Waals surface area contributed by atoms with Crippen LogP contribution in [-0.4, -0.2) is 36.8 Å². The van der Waals surface area contributed by atoms with E-state index in [9.17, 15) is 9.90 Å². The highest BCUT2D eigenvalue weighted by atomic mass is 16.5. The first-order valence-corrected chi connectivity index (χ1v) is 9.40. The average molecular weight is 346 g/mol. The largest absolute Gasteiger partial charge is 0.497 e. The first kappa shape index (κ1) is 18.2. The van der Waals surface area contributed by atoms with Crippen LogP contribution in [-0.2, 0) is 10.2 Å². The molecule has 1 aromatic carbocycles. The van der Waals surface area contributed by atoms with Crippen LogP contribution in [0.25, 0.3) is 0 Å². The van der Waals surface area contributed by atoms with E-state index >= 15 is 0 Å². The van der Waals surface area contributed by atoms with Crippen LogP contribution in [0.15, 0.2) is 24.3 Å². The normalized spacial score (nSPS) is 28.5. The van der Waals surface area contributed by atoms with Crippen LogP contribution in [0, 0.1) is 5.92 Å². The predicted molar refractivity (Wildman–Crippen MR) is 97.5 cm³/mol. The van der Waals surface area contributed by atoms with Gasteiger partial charge in [0.1, 0.15) is 5.75 Å². The second-order valence-corrected chi connectivity index (χ2v) is 7.67. The molecule has 0 aliphatic heterocycles. The van der Waals surface area contributed by atoms with Crippen LogP contribution < -0.4 is 15.8 Å². The molecule has 2 saturated carbocycles. The van der Waals surface area contributed by atoms with E-state index in [0.29, 0.717) is 19.4 Å². The second-order valence-electron chi connectivity index (χ2n) is 7.67. The molecule has 2 aliphatic carbocycles. The fourth-order valence-electron chi connectivity index (χ4n) is 4.37. The van der Waals surface area contributed by atoms with E-state index in [1.54, 1.807) is 7.11 Å². The number of nitrogens with one attached hydrogen (secondary N) is 1. The van der Waals surface area contributed by atoms with Crippen molar-refractivity contribution in [3.8, 4) is 5.75 Å². The molecule has 5 heteroatoms. The van der Waals surface area contributed by atoms with Crippen molar-refractivity contribution in [3.05, 3.63) is 29.8 Å². The Morgan fingerprint density at radius 2 is 1.96 bits per heavy atom. The zero-order valence-corrected chi connectivity index (χ0v) is 15.0. The maximum atomic E-state index is 12.6. The summed E-state index contributed by atoms with van der Waals surface area (Å²) >= 11 is 0. The van der Waals surface area contributed by atoms with Gasteiger partial charge in [0, 0.05) is 23.9 Å². The second kappa shape index (κ2) is 7.75. The zero-order valence-electron chi connectivity index (χ0n) is 15.0. The van der Waals surface area contributed by atoms with Crippen molar-refractivity contribution in [2.45, 2.75) is 62.5 Å². The van der Waals surface area contributed by atoms with Gasteiger partial charge in [0.15, 0.2) is 0 Å². The molecule has 0 unspecified atom stereocenters. The Hall–Kier alpha value is -1.59. The van der Waals surface area contributed by atoms with E-state index in [2.05, 4.69) is 17.4 Å². The van der Waals surface area contributed by atoms with Crippen LogP contribution in [0.4, 0.5) is 0 Å². The molecule has 0 heterocycles. The molecule has 25 heavy (non-hydrogen) atoms. The molecule has 5 nitrogen and oxygen atoms in total. The number of carbonyl (C=O) groups excluding carboxylic acids is 1. The summed E-state index contributed by atoms with van der Waals surface area (Å²) in [5.74, 6) is 0.795. The number of carbonyl (C=O) groups is 1. The van der Waals surface area contributed by atoms with Gasteiger partial charge in [-0.2, -0.15) is 0 Å². The zero-order chi connectivity index (χ0) is 17.9. The van der Waals surface area contributed by atoms with E-state index in [4.69, 9.17) is 10.5 Å². The first-order valence-electron chi connectivity index (χ1n) is 9.40. The molecule has 0 spiro atoms. The lowest BCUT2D eigenvalue weighted by Gasteiger charge is -2.33. The number of aliphatic hydroxyl groups is 1. The number of amides is 1. The number of methoxy groups -OCH3 is 1. The average Bonchev–Trinajstić information content (AvgIpc) is 3.12. The lowest BCUT2D eigenvalue weighted by Crippen LogP contribution is -2.46. The van der Waals surface area contributed by atoms with E-state index in [1.807, 2.05) is 12.1 Å². The lowest BCUT2D eigenvalue weighted by atomic mass is 9.78. The molecule has 2 aliphatic rings. The van der Waals surface area contributed by atoms with Gasteiger partial charge in [-0.1, -0.05) is 25.0 Å². The highest BCUT2D eigenvalue weighted by Crippen LogP contribution is 2.41. The van der Waals surface area contributed by atoms with Crippen molar-refractivity contribution in [2.24, 2.45) is 11.7 Å². The third-order valence-electron chi connectivity index (χ3n) is 6.10. The standard InChI is InChI=1S/C20H30N2O3/c1-25-16-7-5-15(6-8-16)20(10-2-3-11-20)13-22-19(24)14-4-9-17(21)18(23)12-14/h5-8,14,17-18,23H,2-4,9-13,21H2,1H3,(H,22,24)/t14-,17+,18+/m0/s1. The van der Waals surface area contributed by atoms with Gasteiger partial charge in [-0.25, -0.2) is 0 Å². The summed E-state index contributed by atoms with van der Waals surface area (Å²) in [5, 5.41) is 13.1. The number of ether oxygens (including phenoxy) is 1. The molecule has 0 radical (unpaired) electrons. The van der Waals surface area contributed by atoms with Crippen molar-refractivity contribution in [3.63, 3.8) is 0 Å². The van der Waals surface area contributed by atoms with Crippen molar-refractivity contribution >= 4 is 5.91 Å². The van der Waals surface area contributed by atoms with Crippen LogP contribution in [0.5, 0.6) is 5.75 Å². The van der Waals surface area contributed by atoms with Crippen molar-refractivity contribution in [1.29, 1.82) is 0 Å². The van der Waals surface area contributed by atoms with Gasteiger partial charge in [-0.3, -0.25) is 4.79 Å². The quantitative estimate of drug-likeness (QED) is 0.762. The van der Waals surface area contributed by atoms with Crippen LogP contribution in [0.2, 0.25) is 0 Å². The van der Waals surface area contributed by atoms with E-state index in [0.717, 1.165) is 25.0 Å². The van der Waals surface area contributed by atoms with Crippen molar-refractivity contribution < 1.29 is 14.6 Å². The van der Waals surface area contributed by atoms with Crippen LogP contribution >= 0.6 is 0 Å². The molecule has 3 atom stereocenters. The molecular weight excluding hydrogens is 316 g/mol. The molecule has 1 aromatic rings. The Bertz CT molecular complexity index is 581. The highest BCUT2D eigenvalue weighted by molar-refractivity contribution is 5.79. The van der Waals surface area contributed by atoms with Gasteiger partial charge in [0.25, 0.3) is 0 Å². The monoisotopic (exact) mass is 346 g/mol. The number of aliphatic hydroxyl groups excluding tert-OH is 1. The van der Waals surface area contributed by atoms with E-state index in [1.165, 1.54) is 18.4 Å². The molecule has 0 bridgehead atoms. The Morgan fingerprint density at radius 1 is 1.28 bits per heavy atom. The Morgan fingerprint density at radius 3 is 2.56 bits per heavy atom. The molecule has 4 N–H and O–H groups in total. The minimum absolute atomic E-state index is 0.0195. The predicted octanol–water partition coefficient (Wildman–Crippen LogP) is 2.11. The fraction of sp³-hybridized carbons (Fsp3) is 0.650. The number of rotatable bonds is 5. The van der Waals surface area contributed by atoms with Gasteiger partial charge in [-0.15, -0.1) is 0 Å². The lowest BCUT2D eigenvalue weighted by molar-refractivity contribution is -0.127. The van der Waals surface area contributed by atoms with E-state index in [-0.39, 0.29) is 23.3 Å². The smallest absolute Gasteiger partial charge is 0.223 e. The summed E-state index contributed by atoms with van der Waals surface area (Å²) in [6.45, 7) is 0.664. The fourth-order valence-corrected chi connectivity index (χ4v) is 4.37. The number of nitrogens with two attached hydrogens (primary N) is 1. The van der Waals surface area contributed by atoms with E-state index < -0.39 is 6.10 Å². The Balaban J connectivity index is 1.64. The number of hydrogen-bond acceptors (Lipinski definition) is 4. The summed E-state index contributed by atoms with van der Waals surface area (Å²) in [6.07, 6.45) is 5.96. The topological polar surface area (TPSA) is 84.6 Å². The molecule has 2 fully saturated rings. The number of hydrogen-bond donors (Lipinski definition) is 3. The van der Waals surface area contributed by atoms with Gasteiger partial charge < -0.3 is 20.9 Å². The SMILES string of the molecule is COc1ccc(C2(CNC(=O)[C@H]3CC[C@@H](N)[C@H](O)C3)CCCC2)cc1. The minimum atomic E-state index is -0.563. The first-order chi connectivity index (χ1) is 12.0. The third kappa shape index (κ3) is 3.98. The third-order valence-corrected chi connectivity index (χ3v) is 6.10. The Kier molecular flexibility index (Phi) is 5.64. The molecule has 1 amide bonds. The molecule has 138 valence electrons. The highest BCUT2D eigenvalue weighted by Gasteiger charge is 2.37. The summed E-state index contributed by atoms with van der Waals surface area (Å²) < 4.78 is 5.26. The maximum Gasteiger partial charge on any atom is 0.223 e. The molecule has 0 saturated heterocycles. The summed E-state index contributed by atoms with van der Waals surface area (Å²) in [6, 6.07) is 8.05. The number of benzene rings is 1. The van der Waals surface area contributed by atoms with Gasteiger partial charge >= 0.3 is 0 Å². The van der Waals surface area contributed by atoms with Gasteiger partial charge in [0.05, 0.1) is 13.2 Å². The van der Waals surface area contributed by atoms with Gasteiger partial charge in [0.2, 0.25) is 5.91 Å². The summed E-state index contributed by atoms with van der Waals surface area (Å²) in [7, 11) is 1.67. The van der Waals surface area contributed by atoms with Crippen LogP contribution in [0.3, 0.4) is 0 Å². The van der Waals surface area contributed by atoms with Crippen LogP contribution in [0.1, 0.15) is 50.5 Å². The summed E-state index contributed by atoms with van der Waals surface area (Å²) in [4.78, 5) is 12.6. The molecular formula is C20H30N2O3. The maximum absolute atomic E-state index is 12.6.